The first-order valence-corrected chi connectivity index (χ1v) is 6.77. The molecule has 0 bridgehead atoms. The molecule has 1 aromatic rings. The summed E-state index contributed by atoms with van der Waals surface area (Å²) in [5.41, 5.74) is 0.522. The van der Waals surface area contributed by atoms with Crippen molar-refractivity contribution in [3.05, 3.63) is 29.0 Å². The van der Waals surface area contributed by atoms with Crippen LogP contribution in [0.4, 0.5) is 10.1 Å². The molecule has 1 N–H and O–H groups in total. The molecule has 1 aliphatic heterocycles. The van der Waals surface area contributed by atoms with Gasteiger partial charge < -0.3 is 10.1 Å². The van der Waals surface area contributed by atoms with Gasteiger partial charge in [-0.15, -0.1) is 0 Å². The zero-order chi connectivity index (χ0) is 13.1. The van der Waals surface area contributed by atoms with Gasteiger partial charge in [-0.2, -0.15) is 0 Å². The van der Waals surface area contributed by atoms with E-state index in [9.17, 15) is 4.39 Å². The summed E-state index contributed by atoms with van der Waals surface area (Å²) >= 11 is 5.74. The summed E-state index contributed by atoms with van der Waals surface area (Å²) in [6, 6.07) is 4.99. The smallest absolute Gasteiger partial charge is 0.147 e. The second kappa shape index (κ2) is 5.89. The molecular weight excluding hydrogens is 253 g/mol. The Bertz CT molecular complexity index is 411. The summed E-state index contributed by atoms with van der Waals surface area (Å²) in [5.74, 6) is 0.194. The van der Waals surface area contributed by atoms with E-state index >= 15 is 0 Å². The molecule has 0 aliphatic carbocycles. The molecule has 4 heteroatoms. The molecule has 1 aromatic carbocycles. The van der Waals surface area contributed by atoms with Crippen LogP contribution in [0, 0.1) is 11.7 Å². The van der Waals surface area contributed by atoms with Gasteiger partial charge in [0, 0.05) is 17.7 Å². The molecule has 1 fully saturated rings. The van der Waals surface area contributed by atoms with Gasteiger partial charge in [-0.1, -0.05) is 25.4 Å². The highest BCUT2D eigenvalue weighted by Gasteiger charge is 2.25. The van der Waals surface area contributed by atoms with Crippen LogP contribution in [0.15, 0.2) is 18.2 Å². The summed E-state index contributed by atoms with van der Waals surface area (Å²) < 4.78 is 19.4. The van der Waals surface area contributed by atoms with E-state index in [1.807, 2.05) is 0 Å². The molecule has 0 amide bonds. The maximum Gasteiger partial charge on any atom is 0.147 e. The summed E-state index contributed by atoms with van der Waals surface area (Å²) in [6.45, 7) is 5.03. The van der Waals surface area contributed by atoms with Crippen molar-refractivity contribution >= 4 is 17.3 Å². The fourth-order valence-electron chi connectivity index (χ4n) is 2.25. The summed E-state index contributed by atoms with van der Waals surface area (Å²) in [6.07, 6.45) is 2.08. The van der Waals surface area contributed by atoms with E-state index in [0.717, 1.165) is 19.4 Å². The largest absolute Gasteiger partial charge is 0.380 e. The topological polar surface area (TPSA) is 21.3 Å². The SMILES string of the molecule is CC(C)C1CC(Nc2ccc(Cl)cc2F)CCO1. The highest BCUT2D eigenvalue weighted by molar-refractivity contribution is 6.30. The summed E-state index contributed by atoms with van der Waals surface area (Å²) in [4.78, 5) is 0. The normalized spacial score (nSPS) is 24.3. The maximum atomic E-state index is 13.7. The van der Waals surface area contributed by atoms with Crippen molar-refractivity contribution in [2.75, 3.05) is 11.9 Å². The highest BCUT2D eigenvalue weighted by atomic mass is 35.5. The standard InChI is InChI=1S/C14H19ClFNO/c1-9(2)14-8-11(5-6-18-14)17-13-4-3-10(15)7-12(13)16/h3-4,7,9,11,14,17H,5-6,8H2,1-2H3. The number of benzene rings is 1. The van der Waals surface area contributed by atoms with Gasteiger partial charge in [-0.05, 0) is 37.0 Å². The lowest BCUT2D eigenvalue weighted by atomic mass is 9.95. The van der Waals surface area contributed by atoms with Crippen LogP contribution in [-0.2, 0) is 4.74 Å². The third-order valence-corrected chi connectivity index (χ3v) is 3.58. The zero-order valence-electron chi connectivity index (χ0n) is 10.7. The van der Waals surface area contributed by atoms with Crippen LogP contribution >= 0.6 is 11.6 Å². The molecule has 1 heterocycles. The van der Waals surface area contributed by atoms with E-state index in [1.54, 1.807) is 12.1 Å². The van der Waals surface area contributed by atoms with Crippen LogP contribution in [0.5, 0.6) is 0 Å². The Kier molecular flexibility index (Phi) is 4.46. The van der Waals surface area contributed by atoms with E-state index in [2.05, 4.69) is 19.2 Å². The Morgan fingerprint density at radius 3 is 2.89 bits per heavy atom. The number of halogens is 2. The number of hydrogen-bond donors (Lipinski definition) is 1. The molecule has 0 aromatic heterocycles. The van der Waals surface area contributed by atoms with Gasteiger partial charge in [0.2, 0.25) is 0 Å². The second-order valence-electron chi connectivity index (χ2n) is 5.14. The summed E-state index contributed by atoms with van der Waals surface area (Å²) in [5, 5.41) is 3.67. The first kappa shape index (κ1) is 13.6. The lowest BCUT2D eigenvalue weighted by Crippen LogP contribution is -2.36. The molecule has 100 valence electrons. The van der Waals surface area contributed by atoms with Gasteiger partial charge in [-0.25, -0.2) is 4.39 Å². The monoisotopic (exact) mass is 271 g/mol. The van der Waals surface area contributed by atoms with Crippen molar-refractivity contribution in [2.45, 2.75) is 38.8 Å². The van der Waals surface area contributed by atoms with Crippen molar-refractivity contribution in [3.8, 4) is 0 Å². The van der Waals surface area contributed by atoms with Gasteiger partial charge in [0.15, 0.2) is 0 Å². The zero-order valence-corrected chi connectivity index (χ0v) is 11.5. The number of hydrogen-bond acceptors (Lipinski definition) is 2. The molecular formula is C14H19ClFNO. The van der Waals surface area contributed by atoms with Crippen molar-refractivity contribution < 1.29 is 9.13 Å². The molecule has 2 unspecified atom stereocenters. The predicted octanol–water partition coefficient (Wildman–Crippen LogP) is 4.09. The van der Waals surface area contributed by atoms with E-state index in [0.29, 0.717) is 16.6 Å². The second-order valence-corrected chi connectivity index (χ2v) is 5.58. The average molecular weight is 272 g/mol. The van der Waals surface area contributed by atoms with Crippen LogP contribution in [0.3, 0.4) is 0 Å². The lowest BCUT2D eigenvalue weighted by Gasteiger charge is -2.33. The summed E-state index contributed by atoms with van der Waals surface area (Å²) in [7, 11) is 0. The number of nitrogens with one attached hydrogen (secondary N) is 1. The van der Waals surface area contributed by atoms with Crippen molar-refractivity contribution in [3.63, 3.8) is 0 Å². The molecule has 1 aliphatic rings. The van der Waals surface area contributed by atoms with Gasteiger partial charge in [0.25, 0.3) is 0 Å². The number of rotatable bonds is 3. The molecule has 18 heavy (non-hydrogen) atoms. The Balaban J connectivity index is 2.00. The minimum absolute atomic E-state index is 0.256. The third kappa shape index (κ3) is 3.36. The Morgan fingerprint density at radius 2 is 2.22 bits per heavy atom. The van der Waals surface area contributed by atoms with Gasteiger partial charge in [-0.3, -0.25) is 0 Å². The van der Waals surface area contributed by atoms with Crippen LogP contribution in [-0.4, -0.2) is 18.8 Å². The fourth-order valence-corrected chi connectivity index (χ4v) is 2.41. The molecule has 2 nitrogen and oxygen atoms in total. The molecule has 2 atom stereocenters. The van der Waals surface area contributed by atoms with Gasteiger partial charge in [0.1, 0.15) is 5.82 Å². The molecule has 2 rings (SSSR count). The van der Waals surface area contributed by atoms with Crippen molar-refractivity contribution in [1.82, 2.24) is 0 Å². The van der Waals surface area contributed by atoms with Gasteiger partial charge >= 0.3 is 0 Å². The van der Waals surface area contributed by atoms with Crippen LogP contribution < -0.4 is 5.32 Å². The number of ether oxygens (including phenoxy) is 1. The van der Waals surface area contributed by atoms with E-state index in [4.69, 9.17) is 16.3 Å². The van der Waals surface area contributed by atoms with E-state index < -0.39 is 0 Å². The predicted molar refractivity (Wildman–Crippen MR) is 72.6 cm³/mol. The van der Waals surface area contributed by atoms with Crippen molar-refractivity contribution in [1.29, 1.82) is 0 Å². The number of anilines is 1. The molecule has 0 radical (unpaired) electrons. The minimum Gasteiger partial charge on any atom is -0.380 e. The van der Waals surface area contributed by atoms with Crippen LogP contribution in [0.2, 0.25) is 5.02 Å². The molecule has 0 spiro atoms. The Morgan fingerprint density at radius 1 is 1.44 bits per heavy atom. The lowest BCUT2D eigenvalue weighted by molar-refractivity contribution is -0.0161. The third-order valence-electron chi connectivity index (χ3n) is 3.35. The first-order chi connectivity index (χ1) is 8.56. The van der Waals surface area contributed by atoms with Gasteiger partial charge in [0.05, 0.1) is 11.8 Å². The van der Waals surface area contributed by atoms with Crippen LogP contribution in [0.1, 0.15) is 26.7 Å². The van der Waals surface area contributed by atoms with Crippen molar-refractivity contribution in [2.24, 2.45) is 5.92 Å². The maximum absolute atomic E-state index is 13.7. The minimum atomic E-state index is -0.296. The Labute approximate surface area is 112 Å². The average Bonchev–Trinajstić information content (AvgIpc) is 2.33. The van der Waals surface area contributed by atoms with Crippen LogP contribution in [0.25, 0.3) is 0 Å². The highest BCUT2D eigenvalue weighted by Crippen LogP contribution is 2.25. The van der Waals surface area contributed by atoms with E-state index in [-0.39, 0.29) is 18.0 Å². The molecule has 1 saturated heterocycles. The molecule has 0 saturated carbocycles. The fraction of sp³-hybridized carbons (Fsp3) is 0.571. The quantitative estimate of drug-likeness (QED) is 0.894. The first-order valence-electron chi connectivity index (χ1n) is 6.39. The van der Waals surface area contributed by atoms with E-state index in [1.165, 1.54) is 6.07 Å². The Hall–Kier alpha value is -0.800.